The van der Waals surface area contributed by atoms with Gasteiger partial charge in [0.05, 0.1) is 6.61 Å². The number of aliphatic hydroxyl groups excluding tert-OH is 1. The summed E-state index contributed by atoms with van der Waals surface area (Å²) in [6.45, 7) is 60.7. The number of nitrogens with one attached hydrogen (secondary N) is 6. The monoisotopic (exact) mass is 1910 g/mol. The Kier molecular flexibility index (Phi) is 74.5. The van der Waals surface area contributed by atoms with Gasteiger partial charge in [-0.15, -0.1) is 0 Å². The fourth-order valence-electron chi connectivity index (χ4n) is 14.7. The highest BCUT2D eigenvalue weighted by molar-refractivity contribution is 5.71. The predicted octanol–water partition coefficient (Wildman–Crippen LogP) is 23.6. The molecule has 2 aliphatic carbocycles. The quantitative estimate of drug-likeness (QED) is 0.0216. The molecular formula is C105H210N12O17. The molecule has 0 bridgehead atoms. The van der Waals surface area contributed by atoms with E-state index in [1.54, 1.807) is 56.2 Å². The minimum atomic E-state index is -0.566. The first-order chi connectivity index (χ1) is 62.8. The van der Waals surface area contributed by atoms with Crippen LogP contribution in [0.1, 0.15) is 436 Å². The lowest BCUT2D eigenvalue weighted by Crippen LogP contribution is -2.40. The molecule has 0 aromatic carbocycles. The third-order valence-corrected chi connectivity index (χ3v) is 21.3. The van der Waals surface area contributed by atoms with Crippen molar-refractivity contribution in [3.8, 4) is 0 Å². The lowest BCUT2D eigenvalue weighted by Gasteiger charge is -2.28. The van der Waals surface area contributed by atoms with Gasteiger partial charge in [0.2, 0.25) is 0 Å². The van der Waals surface area contributed by atoms with Crippen molar-refractivity contribution < 1.29 is 81.3 Å². The molecule has 0 aromatic rings. The van der Waals surface area contributed by atoms with Gasteiger partial charge in [-0.25, -0.2) is 38.6 Å². The van der Waals surface area contributed by atoms with E-state index in [1.165, 1.54) is 210 Å². The van der Waals surface area contributed by atoms with Gasteiger partial charge in [0.25, 0.3) is 0 Å². The van der Waals surface area contributed by atoms with Crippen LogP contribution in [0.5, 0.6) is 0 Å². The average Bonchev–Trinajstić information content (AvgIpc) is 0.902. The van der Waals surface area contributed by atoms with Crippen LogP contribution in [0.3, 0.4) is 0 Å². The first-order valence-corrected chi connectivity index (χ1v) is 53.0. The molecule has 3 rings (SSSR count). The Morgan fingerprint density at radius 1 is 0.351 bits per heavy atom. The topological polar surface area (TPSA) is 346 Å². The van der Waals surface area contributed by atoms with Gasteiger partial charge in [0.1, 0.15) is 44.8 Å². The largest absolute Gasteiger partial charge is 0.451 e. The zero-order valence-electron chi connectivity index (χ0n) is 90.8. The molecule has 0 atom stereocenters. The van der Waals surface area contributed by atoms with Gasteiger partial charge in [-0.2, -0.15) is 0 Å². The van der Waals surface area contributed by atoms with Crippen molar-refractivity contribution in [2.24, 2.45) is 22.6 Å². The molecule has 0 unspecified atom stereocenters. The molecule has 2 saturated carbocycles. The number of alkyl carbamates (subject to hydrolysis) is 3. The van der Waals surface area contributed by atoms with E-state index in [2.05, 4.69) is 43.8 Å². The van der Waals surface area contributed by atoms with E-state index in [1.807, 2.05) is 125 Å². The van der Waals surface area contributed by atoms with Crippen LogP contribution in [0.15, 0.2) is 4.99 Å². The lowest BCUT2D eigenvalue weighted by molar-refractivity contribution is 0.0212. The molecule has 792 valence electrons. The Balaban J connectivity index is 0. The highest BCUT2D eigenvalue weighted by Crippen LogP contribution is 2.27. The fourth-order valence-corrected chi connectivity index (χ4v) is 14.7. The second-order valence-corrected chi connectivity index (χ2v) is 44.6. The Labute approximate surface area is 818 Å². The number of hydrogen-bond donors (Lipinski definition) is 8. The maximum Gasteiger partial charge on any atom is 0.410 e. The lowest BCUT2D eigenvalue weighted by atomic mass is 9.91. The SMILES string of the molecule is CC(C)(C)OC(=O)N1CCCN=C(OC(C)(C)C)OCCC1.CC(C)(C)OC(=O)NCCCN(CCCNCCC1CCCCCCCCCCCCCC1)C(=O)OC(C)(C)C.CC(C)(C)OC(=O)NCCCN(CCCO)C(=O)OC(C)(C)C.CCCCN(CCCNC(=O)OC(C)(C)C)C(=O)OC(C)(C)C.NCCCNCCCNCCC1CCCCCCCCCCCCCC1. The first kappa shape index (κ1) is 130. The number of carbonyl (C=O) groups excluding carboxylic acids is 7. The smallest absolute Gasteiger partial charge is 0.410 e. The summed E-state index contributed by atoms with van der Waals surface area (Å²) in [5.74, 6) is 1.81. The number of hydrogen-bond acceptors (Lipinski definition) is 22. The highest BCUT2D eigenvalue weighted by Gasteiger charge is 2.29. The van der Waals surface area contributed by atoms with E-state index in [-0.39, 0.29) is 30.5 Å². The Morgan fingerprint density at radius 3 is 0.940 bits per heavy atom. The van der Waals surface area contributed by atoms with Crippen LogP contribution in [0.25, 0.3) is 0 Å². The van der Waals surface area contributed by atoms with Crippen LogP contribution in [-0.4, -0.2) is 256 Å². The summed E-state index contributed by atoms with van der Waals surface area (Å²) in [7, 11) is 0. The normalized spacial score (nSPS) is 16.0. The summed E-state index contributed by atoms with van der Waals surface area (Å²) in [5.41, 5.74) is 1.53. The molecule has 0 radical (unpaired) electrons. The van der Waals surface area contributed by atoms with Crippen molar-refractivity contribution >= 4 is 48.7 Å². The van der Waals surface area contributed by atoms with Gasteiger partial charge in [0.15, 0.2) is 0 Å². The molecule has 0 aromatic heterocycles. The van der Waals surface area contributed by atoms with Crippen molar-refractivity contribution in [3.63, 3.8) is 0 Å². The van der Waals surface area contributed by atoms with Gasteiger partial charge in [-0.3, -0.25) is 0 Å². The standard InChI is InChI=1S/C33H65N3O4.C23H49N3.C17H34N2O4.C16H32N2O5.C16H30N2O4/c1-32(2,3)39-30(37)35-25-20-28-36(31(38)40-33(4,5)6)27-19-24-34-26-23-29-21-17-15-13-11-9-7-8-10-12-14-16-18-22-29;24-18-13-19-25-20-14-21-26-22-17-23-15-11-9-7-5-3-1-2-4-6-8-10-12-16-23;1-8-9-12-19(15(21)23-17(5,6)7)13-10-11-18-14(20)22-16(2,3)4;1-15(2,3)22-13(20)17-9-7-10-18(11-8-12-19)14(21)23-16(4,5)6;1-15(2,3)21-13-17-9-7-10-18(11-8-12-20-13)14(19)22-16(4,5)6/h29,34H,7-28H2,1-6H3,(H,35,37);23,25-26H,1-22,24H2;8-13H2,1-7H3,(H,18,20);19H,7-12H2,1-6H3,(H,17,20);7-12H2,1-6H3. The van der Waals surface area contributed by atoms with E-state index in [4.69, 9.17) is 53.5 Å². The van der Waals surface area contributed by atoms with E-state index < -0.39 is 63.6 Å². The molecule has 134 heavy (non-hydrogen) atoms. The second-order valence-electron chi connectivity index (χ2n) is 44.6. The molecule has 1 aliphatic heterocycles. The summed E-state index contributed by atoms with van der Waals surface area (Å²) in [6, 6.07) is 0. The second kappa shape index (κ2) is 76.8. The van der Waals surface area contributed by atoms with Crippen molar-refractivity contribution in [2.75, 3.05) is 138 Å². The molecule has 9 N–H and O–H groups in total. The van der Waals surface area contributed by atoms with Gasteiger partial charge in [0, 0.05) is 85.1 Å². The summed E-state index contributed by atoms with van der Waals surface area (Å²) >= 11 is 0. The number of unbranched alkanes of at least 4 members (excludes halogenated alkanes) is 1. The number of ether oxygens (including phenoxy) is 9. The molecule has 2 fully saturated rings. The number of amides is 7. The van der Waals surface area contributed by atoms with E-state index in [9.17, 15) is 33.6 Å². The number of carbonyl (C=O) groups is 7. The van der Waals surface area contributed by atoms with Crippen LogP contribution < -0.4 is 37.6 Å². The summed E-state index contributed by atoms with van der Waals surface area (Å²) in [6.07, 6.45) is 49.7. The highest BCUT2D eigenvalue weighted by atomic mass is 16.7. The van der Waals surface area contributed by atoms with Gasteiger partial charge >= 0.3 is 48.7 Å². The maximum absolute atomic E-state index is 12.8. The van der Waals surface area contributed by atoms with Crippen LogP contribution in [-0.2, 0) is 42.6 Å². The van der Waals surface area contributed by atoms with Crippen molar-refractivity contribution in [1.82, 2.24) is 51.5 Å². The minimum absolute atomic E-state index is 0.00938. The van der Waals surface area contributed by atoms with Crippen LogP contribution in [0.4, 0.5) is 33.6 Å². The van der Waals surface area contributed by atoms with Crippen LogP contribution in [0.2, 0.25) is 0 Å². The molecule has 0 spiro atoms. The first-order valence-electron chi connectivity index (χ1n) is 53.0. The van der Waals surface area contributed by atoms with Crippen LogP contribution in [0, 0.1) is 11.8 Å². The summed E-state index contributed by atoms with van der Waals surface area (Å²) in [4.78, 5) is 95.2. The zero-order valence-corrected chi connectivity index (χ0v) is 90.8. The fraction of sp³-hybridized carbons (Fsp3) is 0.924. The van der Waals surface area contributed by atoms with E-state index in [0.717, 1.165) is 83.2 Å². The molecule has 29 nitrogen and oxygen atoms in total. The predicted molar refractivity (Wildman–Crippen MR) is 550 cm³/mol. The van der Waals surface area contributed by atoms with E-state index in [0.29, 0.717) is 123 Å². The van der Waals surface area contributed by atoms with Crippen molar-refractivity contribution in [2.45, 2.75) is 481 Å². The van der Waals surface area contributed by atoms with Crippen molar-refractivity contribution in [1.29, 1.82) is 0 Å². The number of aliphatic imine (C=N–C) groups is 1. The Hall–Kier alpha value is -6.04. The molecule has 3 aliphatic rings. The molecular weight excluding hydrogens is 1700 g/mol. The third-order valence-electron chi connectivity index (χ3n) is 21.3. The molecule has 7 amide bonds. The average molecular weight is 1910 g/mol. The maximum atomic E-state index is 12.8. The number of aliphatic hydroxyl groups is 1. The number of nitrogens with zero attached hydrogens (tertiary/aromatic N) is 5. The zero-order chi connectivity index (χ0) is 101. The van der Waals surface area contributed by atoms with Crippen LogP contribution >= 0.6 is 0 Å². The molecule has 1 heterocycles. The minimum Gasteiger partial charge on any atom is -0.451 e. The van der Waals surface area contributed by atoms with Gasteiger partial charge < -0.3 is 105 Å². The summed E-state index contributed by atoms with van der Waals surface area (Å²) < 4.78 is 48.6. The van der Waals surface area contributed by atoms with E-state index >= 15 is 0 Å². The van der Waals surface area contributed by atoms with Crippen molar-refractivity contribution in [3.05, 3.63) is 0 Å². The Bertz CT molecular complexity index is 2850. The number of rotatable bonds is 35. The molecule has 29 heteroatoms. The molecule has 0 saturated heterocycles. The van der Waals surface area contributed by atoms with Gasteiger partial charge in [-0.1, -0.05) is 193 Å². The summed E-state index contributed by atoms with van der Waals surface area (Å²) in [5, 5.41) is 27.8. The number of nitrogens with two attached hydrogens (primary N) is 1. The third kappa shape index (κ3) is 91.1. The van der Waals surface area contributed by atoms with Gasteiger partial charge in [-0.05, 0) is 301 Å². The Morgan fingerprint density at radius 2 is 0.634 bits per heavy atom.